The minimum Gasteiger partial charge on any atom is -0.373 e. The molecule has 1 amide bonds. The summed E-state index contributed by atoms with van der Waals surface area (Å²) in [5.74, 6) is -0.216. The van der Waals surface area contributed by atoms with Crippen molar-refractivity contribution >= 4 is 23.1 Å². The molecule has 0 aliphatic rings. The minimum absolute atomic E-state index is 0.0661. The van der Waals surface area contributed by atoms with Crippen LogP contribution in [-0.2, 0) is 6.54 Å². The fourth-order valence-corrected chi connectivity index (χ4v) is 1.71. The molecule has 0 saturated heterocycles. The standard InChI is InChI=1S/C12H14N6O3/c1-3-17-7-8(5-15-17)16-12(19)9-4-11(13-2)14-6-10(9)18(20)21/h4-7H,3H2,1-2H3,(H,13,14)(H,16,19). The van der Waals surface area contributed by atoms with Gasteiger partial charge >= 0.3 is 0 Å². The predicted molar refractivity (Wildman–Crippen MR) is 76.3 cm³/mol. The fourth-order valence-electron chi connectivity index (χ4n) is 1.71. The van der Waals surface area contributed by atoms with E-state index in [4.69, 9.17) is 0 Å². The van der Waals surface area contributed by atoms with Gasteiger partial charge in [0.15, 0.2) is 0 Å². The Labute approximate surface area is 120 Å². The van der Waals surface area contributed by atoms with Crippen LogP contribution in [0.5, 0.6) is 0 Å². The van der Waals surface area contributed by atoms with Gasteiger partial charge in [0.25, 0.3) is 11.6 Å². The summed E-state index contributed by atoms with van der Waals surface area (Å²) in [6, 6.07) is 1.33. The number of hydrogen-bond acceptors (Lipinski definition) is 6. The third kappa shape index (κ3) is 3.14. The maximum Gasteiger partial charge on any atom is 0.300 e. The molecule has 0 spiro atoms. The van der Waals surface area contributed by atoms with E-state index in [0.717, 1.165) is 6.20 Å². The molecule has 9 nitrogen and oxygen atoms in total. The summed E-state index contributed by atoms with van der Waals surface area (Å²) in [7, 11) is 1.61. The molecule has 0 unspecified atom stereocenters. The zero-order valence-electron chi connectivity index (χ0n) is 11.5. The highest BCUT2D eigenvalue weighted by Gasteiger charge is 2.22. The maximum absolute atomic E-state index is 12.2. The quantitative estimate of drug-likeness (QED) is 0.637. The van der Waals surface area contributed by atoms with Gasteiger partial charge in [-0.1, -0.05) is 0 Å². The van der Waals surface area contributed by atoms with Crippen molar-refractivity contribution in [2.24, 2.45) is 0 Å². The molecule has 21 heavy (non-hydrogen) atoms. The molecule has 9 heteroatoms. The van der Waals surface area contributed by atoms with E-state index in [9.17, 15) is 14.9 Å². The lowest BCUT2D eigenvalue weighted by atomic mass is 10.2. The molecule has 0 saturated carbocycles. The average Bonchev–Trinajstić information content (AvgIpc) is 2.94. The zero-order valence-corrected chi connectivity index (χ0v) is 11.5. The van der Waals surface area contributed by atoms with Crippen molar-refractivity contribution < 1.29 is 9.72 Å². The van der Waals surface area contributed by atoms with Crippen molar-refractivity contribution in [3.63, 3.8) is 0 Å². The Balaban J connectivity index is 2.30. The van der Waals surface area contributed by atoms with Gasteiger partial charge in [-0.3, -0.25) is 19.6 Å². The average molecular weight is 290 g/mol. The molecule has 2 aromatic heterocycles. The zero-order chi connectivity index (χ0) is 15.4. The number of carbonyl (C=O) groups is 1. The first-order valence-corrected chi connectivity index (χ1v) is 6.21. The largest absolute Gasteiger partial charge is 0.373 e. The lowest BCUT2D eigenvalue weighted by Crippen LogP contribution is -2.14. The second kappa shape index (κ2) is 5.99. The number of aryl methyl sites for hydroxylation is 1. The summed E-state index contributed by atoms with van der Waals surface area (Å²) in [6.45, 7) is 2.57. The van der Waals surface area contributed by atoms with E-state index in [2.05, 4.69) is 20.7 Å². The van der Waals surface area contributed by atoms with Crippen LogP contribution in [0.2, 0.25) is 0 Å². The number of anilines is 2. The molecule has 110 valence electrons. The number of aromatic nitrogens is 3. The Kier molecular flexibility index (Phi) is 4.12. The van der Waals surface area contributed by atoms with Gasteiger partial charge in [-0.25, -0.2) is 4.98 Å². The van der Waals surface area contributed by atoms with Crippen molar-refractivity contribution in [2.75, 3.05) is 17.7 Å². The van der Waals surface area contributed by atoms with Crippen LogP contribution in [0.4, 0.5) is 17.2 Å². The van der Waals surface area contributed by atoms with Crippen molar-refractivity contribution in [3.8, 4) is 0 Å². The van der Waals surface area contributed by atoms with Crippen LogP contribution < -0.4 is 10.6 Å². The molecule has 0 aliphatic carbocycles. The number of nitrogens with one attached hydrogen (secondary N) is 2. The monoisotopic (exact) mass is 290 g/mol. The van der Waals surface area contributed by atoms with E-state index in [1.54, 1.807) is 17.9 Å². The van der Waals surface area contributed by atoms with E-state index >= 15 is 0 Å². The van der Waals surface area contributed by atoms with Gasteiger partial charge in [0.2, 0.25) is 0 Å². The Bertz CT molecular complexity index is 681. The molecule has 2 N–H and O–H groups in total. The number of amides is 1. The smallest absolute Gasteiger partial charge is 0.300 e. The fraction of sp³-hybridized carbons (Fsp3) is 0.250. The molecule has 0 radical (unpaired) electrons. The Hall–Kier alpha value is -2.97. The Morgan fingerprint density at radius 3 is 2.81 bits per heavy atom. The van der Waals surface area contributed by atoms with Crippen molar-refractivity contribution in [1.29, 1.82) is 0 Å². The van der Waals surface area contributed by atoms with E-state index in [1.165, 1.54) is 12.3 Å². The highest BCUT2D eigenvalue weighted by atomic mass is 16.6. The molecule has 2 heterocycles. The van der Waals surface area contributed by atoms with E-state index in [0.29, 0.717) is 18.1 Å². The van der Waals surface area contributed by atoms with Crippen molar-refractivity contribution in [2.45, 2.75) is 13.5 Å². The molecule has 0 fully saturated rings. The van der Waals surface area contributed by atoms with Gasteiger partial charge in [0.05, 0.1) is 16.8 Å². The molecular formula is C12H14N6O3. The van der Waals surface area contributed by atoms with Crippen LogP contribution in [0.25, 0.3) is 0 Å². The van der Waals surface area contributed by atoms with Gasteiger partial charge < -0.3 is 10.6 Å². The van der Waals surface area contributed by atoms with E-state index in [1.807, 2.05) is 6.92 Å². The summed E-state index contributed by atoms with van der Waals surface area (Å²) in [4.78, 5) is 26.4. The second-order valence-electron chi connectivity index (χ2n) is 4.13. The number of pyridine rings is 1. The second-order valence-corrected chi connectivity index (χ2v) is 4.13. The van der Waals surface area contributed by atoms with Crippen LogP contribution in [-0.4, -0.2) is 32.6 Å². The third-order valence-corrected chi connectivity index (χ3v) is 2.80. The number of rotatable bonds is 5. The topological polar surface area (TPSA) is 115 Å². The third-order valence-electron chi connectivity index (χ3n) is 2.80. The number of carbonyl (C=O) groups excluding carboxylic acids is 1. The van der Waals surface area contributed by atoms with Gasteiger partial charge in [-0.15, -0.1) is 0 Å². The van der Waals surface area contributed by atoms with Crippen molar-refractivity contribution in [1.82, 2.24) is 14.8 Å². The summed E-state index contributed by atoms with van der Waals surface area (Å²) < 4.78 is 1.63. The van der Waals surface area contributed by atoms with Crippen LogP contribution >= 0.6 is 0 Å². The van der Waals surface area contributed by atoms with Crippen LogP contribution in [0, 0.1) is 10.1 Å². The highest BCUT2D eigenvalue weighted by molar-refractivity contribution is 6.07. The van der Waals surface area contributed by atoms with E-state index in [-0.39, 0.29) is 11.3 Å². The van der Waals surface area contributed by atoms with Gasteiger partial charge in [-0.05, 0) is 6.92 Å². The number of nitro groups is 1. The maximum atomic E-state index is 12.2. The molecule has 0 atom stereocenters. The predicted octanol–water partition coefficient (Wildman–Crippen LogP) is 1.50. The Morgan fingerprint density at radius 1 is 1.48 bits per heavy atom. The summed E-state index contributed by atoms with van der Waals surface area (Å²) in [5.41, 5.74) is 0.0527. The first-order valence-electron chi connectivity index (χ1n) is 6.21. The SMILES string of the molecule is CCn1cc(NC(=O)c2cc(NC)ncc2[N+](=O)[O-])cn1. The Morgan fingerprint density at radius 2 is 2.24 bits per heavy atom. The lowest BCUT2D eigenvalue weighted by molar-refractivity contribution is -0.385. The summed E-state index contributed by atoms with van der Waals surface area (Å²) in [6.07, 6.45) is 4.17. The number of hydrogen-bond donors (Lipinski definition) is 2. The summed E-state index contributed by atoms with van der Waals surface area (Å²) >= 11 is 0. The first-order chi connectivity index (χ1) is 10.0. The normalized spacial score (nSPS) is 10.2. The summed E-state index contributed by atoms with van der Waals surface area (Å²) in [5, 5.41) is 20.3. The van der Waals surface area contributed by atoms with Crippen LogP contribution in [0.3, 0.4) is 0 Å². The molecule has 0 aliphatic heterocycles. The molecular weight excluding hydrogens is 276 g/mol. The molecule has 0 aromatic carbocycles. The minimum atomic E-state index is -0.642. The highest BCUT2D eigenvalue weighted by Crippen LogP contribution is 2.21. The van der Waals surface area contributed by atoms with Crippen LogP contribution in [0.15, 0.2) is 24.7 Å². The van der Waals surface area contributed by atoms with Gasteiger partial charge in [-0.2, -0.15) is 5.10 Å². The lowest BCUT2D eigenvalue weighted by Gasteiger charge is -2.05. The van der Waals surface area contributed by atoms with E-state index < -0.39 is 10.8 Å². The van der Waals surface area contributed by atoms with Crippen molar-refractivity contribution in [3.05, 3.63) is 40.3 Å². The molecule has 2 aromatic rings. The first kappa shape index (κ1) is 14.4. The number of nitrogens with zero attached hydrogens (tertiary/aromatic N) is 4. The van der Waals surface area contributed by atoms with Gasteiger partial charge in [0, 0.05) is 25.9 Å². The molecule has 2 rings (SSSR count). The molecule has 0 bridgehead atoms. The van der Waals surface area contributed by atoms with Crippen LogP contribution in [0.1, 0.15) is 17.3 Å². The van der Waals surface area contributed by atoms with Gasteiger partial charge in [0.1, 0.15) is 17.6 Å².